The average molecular weight is 204 g/mol. The van der Waals surface area contributed by atoms with Gasteiger partial charge in [0.25, 0.3) is 0 Å². The van der Waals surface area contributed by atoms with Gasteiger partial charge in [-0.3, -0.25) is 9.69 Å². The highest BCUT2D eigenvalue weighted by Crippen LogP contribution is 2.11. The Bertz CT molecular complexity index is 346. The molecule has 15 heavy (non-hydrogen) atoms. The van der Waals surface area contributed by atoms with Crippen molar-refractivity contribution in [3.8, 4) is 0 Å². The number of carbonyl (C=O) groups excluding carboxylic acids is 1. The molecular weight excluding hydrogens is 190 g/mol. The molecule has 1 aromatic carbocycles. The Labute approximate surface area is 89.8 Å². The molecule has 0 spiro atoms. The first-order valence-corrected chi connectivity index (χ1v) is 4.60. The average Bonchev–Trinajstić information content (AvgIpc) is 2.19. The number of anilines is 1. The lowest BCUT2D eigenvalue weighted by Crippen LogP contribution is -2.28. The first-order valence-electron chi connectivity index (χ1n) is 4.60. The van der Waals surface area contributed by atoms with Crippen LogP contribution in [0.5, 0.6) is 0 Å². The Hall–Kier alpha value is -1.84. The number of benzene rings is 1. The molecule has 0 aromatic heterocycles. The van der Waals surface area contributed by atoms with Gasteiger partial charge in [0, 0.05) is 14.1 Å². The van der Waals surface area contributed by atoms with E-state index in [1.165, 1.54) is 4.90 Å². The minimum absolute atomic E-state index is 0.584. The molecule has 0 aliphatic heterocycles. The summed E-state index contributed by atoms with van der Waals surface area (Å²) in [5.74, 6) is 0.584. The fourth-order valence-corrected chi connectivity index (χ4v) is 1.22. The molecule has 0 heterocycles. The molecule has 0 atom stereocenters. The second kappa shape index (κ2) is 5.14. The molecule has 1 amide bonds. The van der Waals surface area contributed by atoms with Crippen molar-refractivity contribution < 1.29 is 4.79 Å². The van der Waals surface area contributed by atoms with Crippen LogP contribution in [-0.2, 0) is 4.79 Å². The second-order valence-electron chi connectivity index (χ2n) is 3.26. The van der Waals surface area contributed by atoms with Crippen molar-refractivity contribution in [3.05, 3.63) is 30.3 Å². The smallest absolute Gasteiger partial charge is 0.301 e. The third-order valence-corrected chi connectivity index (χ3v) is 1.77. The third-order valence-electron chi connectivity index (χ3n) is 1.77. The van der Waals surface area contributed by atoms with Gasteiger partial charge in [0.2, 0.25) is 0 Å². The van der Waals surface area contributed by atoms with E-state index in [1.54, 1.807) is 26.0 Å². The first-order chi connectivity index (χ1) is 7.15. The van der Waals surface area contributed by atoms with Crippen LogP contribution in [0.15, 0.2) is 35.4 Å². The van der Waals surface area contributed by atoms with E-state index in [2.05, 4.69) is 5.10 Å². The fourth-order valence-electron chi connectivity index (χ4n) is 1.22. The van der Waals surface area contributed by atoms with E-state index < -0.39 is 0 Å². The quantitative estimate of drug-likeness (QED) is 0.323. The van der Waals surface area contributed by atoms with E-state index in [-0.39, 0.29) is 0 Å². The van der Waals surface area contributed by atoms with E-state index in [1.807, 2.05) is 36.7 Å². The Morgan fingerprint density at radius 2 is 1.87 bits per heavy atom. The topological polar surface area (TPSA) is 35.9 Å². The summed E-state index contributed by atoms with van der Waals surface area (Å²) < 4.78 is 0. The monoisotopic (exact) mass is 204 g/mol. The van der Waals surface area contributed by atoms with Crippen molar-refractivity contribution >= 4 is 17.9 Å². The summed E-state index contributed by atoms with van der Waals surface area (Å²) in [6.07, 6.45) is 1.85. The van der Waals surface area contributed by atoms with Crippen LogP contribution in [0.4, 0.5) is 5.69 Å². The van der Waals surface area contributed by atoms with Gasteiger partial charge < -0.3 is 5.01 Å². The zero-order chi connectivity index (χ0) is 11.3. The SMILES string of the molecule is C/C(=N\N(C)C)N([C]=O)c1ccccc1. The van der Waals surface area contributed by atoms with E-state index in [4.69, 9.17) is 0 Å². The van der Waals surface area contributed by atoms with Crippen LogP contribution in [0.1, 0.15) is 6.92 Å². The Morgan fingerprint density at radius 1 is 1.27 bits per heavy atom. The molecule has 0 bridgehead atoms. The molecule has 0 aliphatic rings. The number of amidine groups is 1. The minimum atomic E-state index is 0.584. The van der Waals surface area contributed by atoms with Crippen LogP contribution in [0, 0.1) is 0 Å². The Balaban J connectivity index is 2.95. The highest BCUT2D eigenvalue weighted by atomic mass is 16.1. The standard InChI is InChI=1S/C11H14N3O/c1-10(12-13(2)3)14(9-15)11-7-5-4-6-8-11/h4-8H,1-3H3/b12-10+. The van der Waals surface area contributed by atoms with Crippen LogP contribution < -0.4 is 4.90 Å². The van der Waals surface area contributed by atoms with E-state index in [0.717, 1.165) is 5.69 Å². The van der Waals surface area contributed by atoms with Crippen molar-refractivity contribution in [1.29, 1.82) is 0 Å². The molecule has 0 fully saturated rings. The number of hydrogen-bond acceptors (Lipinski definition) is 3. The maximum absolute atomic E-state index is 10.8. The summed E-state index contributed by atoms with van der Waals surface area (Å²) in [4.78, 5) is 12.2. The molecule has 1 aromatic rings. The van der Waals surface area contributed by atoms with Crippen LogP contribution in [-0.4, -0.2) is 31.3 Å². The summed E-state index contributed by atoms with van der Waals surface area (Å²) in [5, 5.41) is 5.78. The normalized spacial score (nSPS) is 11.0. The minimum Gasteiger partial charge on any atom is -0.301 e. The highest BCUT2D eigenvalue weighted by molar-refractivity contribution is 6.08. The Kier molecular flexibility index (Phi) is 3.85. The summed E-state index contributed by atoms with van der Waals surface area (Å²) in [5.41, 5.74) is 0.760. The number of hydrazone groups is 1. The summed E-state index contributed by atoms with van der Waals surface area (Å²) in [6, 6.07) is 9.29. The molecule has 0 saturated heterocycles. The van der Waals surface area contributed by atoms with Gasteiger partial charge in [0.05, 0.1) is 5.69 Å². The van der Waals surface area contributed by atoms with Crippen molar-refractivity contribution in [2.45, 2.75) is 6.92 Å². The van der Waals surface area contributed by atoms with Crippen LogP contribution in [0.25, 0.3) is 0 Å². The molecule has 0 unspecified atom stereocenters. The molecule has 0 N–H and O–H groups in total. The van der Waals surface area contributed by atoms with E-state index >= 15 is 0 Å². The van der Waals surface area contributed by atoms with Gasteiger partial charge in [-0.2, -0.15) is 5.10 Å². The zero-order valence-electron chi connectivity index (χ0n) is 9.14. The first kappa shape index (κ1) is 11.2. The molecule has 1 radical (unpaired) electrons. The lowest BCUT2D eigenvalue weighted by atomic mass is 10.3. The summed E-state index contributed by atoms with van der Waals surface area (Å²) >= 11 is 0. The zero-order valence-corrected chi connectivity index (χ0v) is 9.14. The van der Waals surface area contributed by atoms with Gasteiger partial charge in [0.15, 0.2) is 0 Å². The molecule has 4 heteroatoms. The maximum Gasteiger partial charge on any atom is 0.322 e. The predicted octanol–water partition coefficient (Wildman–Crippen LogP) is 1.46. The van der Waals surface area contributed by atoms with Crippen molar-refractivity contribution in [2.75, 3.05) is 19.0 Å². The molecular formula is C11H14N3O. The van der Waals surface area contributed by atoms with Gasteiger partial charge >= 0.3 is 6.41 Å². The van der Waals surface area contributed by atoms with Crippen LogP contribution >= 0.6 is 0 Å². The van der Waals surface area contributed by atoms with Crippen molar-refractivity contribution in [3.63, 3.8) is 0 Å². The van der Waals surface area contributed by atoms with Crippen molar-refractivity contribution in [1.82, 2.24) is 5.01 Å². The van der Waals surface area contributed by atoms with Gasteiger partial charge in [-0.25, -0.2) is 0 Å². The maximum atomic E-state index is 10.8. The number of para-hydroxylation sites is 1. The van der Waals surface area contributed by atoms with Crippen molar-refractivity contribution in [2.24, 2.45) is 5.10 Å². The molecule has 0 aliphatic carbocycles. The van der Waals surface area contributed by atoms with E-state index in [0.29, 0.717) is 5.84 Å². The number of amides is 1. The van der Waals surface area contributed by atoms with Gasteiger partial charge in [-0.15, -0.1) is 0 Å². The predicted molar refractivity (Wildman–Crippen MR) is 61.4 cm³/mol. The molecule has 0 saturated carbocycles. The Morgan fingerprint density at radius 3 is 2.33 bits per heavy atom. The van der Waals surface area contributed by atoms with Gasteiger partial charge in [0.1, 0.15) is 5.84 Å². The van der Waals surface area contributed by atoms with Gasteiger partial charge in [-0.1, -0.05) is 18.2 Å². The number of hydrogen-bond donors (Lipinski definition) is 0. The number of nitrogens with zero attached hydrogens (tertiary/aromatic N) is 3. The largest absolute Gasteiger partial charge is 0.322 e. The lowest BCUT2D eigenvalue weighted by molar-refractivity contribution is 0.436. The van der Waals surface area contributed by atoms with Crippen LogP contribution in [0.3, 0.4) is 0 Å². The highest BCUT2D eigenvalue weighted by Gasteiger charge is 2.09. The second-order valence-corrected chi connectivity index (χ2v) is 3.26. The molecule has 4 nitrogen and oxygen atoms in total. The third kappa shape index (κ3) is 3.09. The molecule has 1 rings (SSSR count). The lowest BCUT2D eigenvalue weighted by Gasteiger charge is -2.17. The fraction of sp³-hybridized carbons (Fsp3) is 0.273. The summed E-state index contributed by atoms with van der Waals surface area (Å²) in [7, 11) is 3.61. The summed E-state index contributed by atoms with van der Waals surface area (Å²) in [6.45, 7) is 1.76. The number of rotatable bonds is 3. The van der Waals surface area contributed by atoms with E-state index in [9.17, 15) is 4.79 Å². The van der Waals surface area contributed by atoms with Gasteiger partial charge in [-0.05, 0) is 19.1 Å². The van der Waals surface area contributed by atoms with Crippen LogP contribution in [0.2, 0.25) is 0 Å². The molecule has 79 valence electrons.